The van der Waals surface area contributed by atoms with Crippen LogP contribution in [0, 0.1) is 13.1 Å². The van der Waals surface area contributed by atoms with Crippen LogP contribution in [-0.4, -0.2) is 19.6 Å². The van der Waals surface area contributed by atoms with E-state index in [0.29, 0.717) is 17.2 Å². The van der Waals surface area contributed by atoms with E-state index in [1.54, 1.807) is 21.8 Å². The number of para-hydroxylation sites is 3. The molecule has 164 valence electrons. The van der Waals surface area contributed by atoms with Gasteiger partial charge in [-0.3, -0.25) is 9.36 Å². The molecule has 0 spiro atoms. The van der Waals surface area contributed by atoms with Crippen LogP contribution in [0.1, 0.15) is 0 Å². The summed E-state index contributed by atoms with van der Waals surface area (Å²) in [6.45, 7) is 14.1. The van der Waals surface area contributed by atoms with E-state index < -0.39 is 0 Å². The average Bonchev–Trinajstić information content (AvgIpc) is 3.49. The maximum absolute atomic E-state index is 7.26. The summed E-state index contributed by atoms with van der Waals surface area (Å²) < 4.78 is 3.31. The molecule has 2 heterocycles. The Bertz CT molecular complexity index is 1440. The number of rotatable bonds is 4. The molecule has 0 amide bonds. The second-order valence-electron chi connectivity index (χ2n) is 7.04. The first-order valence-electron chi connectivity index (χ1n) is 10.3. The van der Waals surface area contributed by atoms with Gasteiger partial charge in [0.2, 0.25) is 11.4 Å². The quantitative estimate of drug-likeness (QED) is 0.325. The Morgan fingerprint density at radius 3 is 1.62 bits per heavy atom. The Balaban J connectivity index is 0.000000172. The van der Waals surface area contributed by atoms with E-state index in [2.05, 4.69) is 25.2 Å². The maximum Gasteiger partial charge on any atom is 0.248 e. The summed E-state index contributed by atoms with van der Waals surface area (Å²) in [7, 11) is 0. The highest BCUT2D eigenvalue weighted by molar-refractivity contribution is 5.71. The van der Waals surface area contributed by atoms with E-state index in [0.717, 1.165) is 17.1 Å². The van der Waals surface area contributed by atoms with Gasteiger partial charge in [-0.2, -0.15) is 10.2 Å². The van der Waals surface area contributed by atoms with Crippen molar-refractivity contribution in [2.75, 3.05) is 11.1 Å². The van der Waals surface area contributed by atoms with Crippen molar-refractivity contribution in [3.05, 3.63) is 126 Å². The monoisotopic (exact) mass is 444 g/mol. The molecule has 3 N–H and O–H groups in total. The van der Waals surface area contributed by atoms with Crippen molar-refractivity contribution in [2.24, 2.45) is 0 Å². The van der Waals surface area contributed by atoms with Crippen LogP contribution >= 0.6 is 0 Å². The summed E-state index contributed by atoms with van der Waals surface area (Å²) in [5.41, 5.74) is 9.16. The lowest BCUT2D eigenvalue weighted by atomic mass is 10.3. The third kappa shape index (κ3) is 5.10. The third-order valence-corrected chi connectivity index (χ3v) is 4.74. The van der Waals surface area contributed by atoms with Crippen molar-refractivity contribution < 1.29 is 0 Å². The van der Waals surface area contributed by atoms with Crippen LogP contribution in [0.2, 0.25) is 0 Å². The van der Waals surface area contributed by atoms with Gasteiger partial charge >= 0.3 is 0 Å². The number of hydrogen-bond acceptors (Lipinski definition) is 4. The minimum Gasteiger partial charge on any atom is -0.391 e. The van der Waals surface area contributed by atoms with Crippen molar-refractivity contribution in [3.63, 3.8) is 0 Å². The van der Waals surface area contributed by atoms with Crippen molar-refractivity contribution in [2.45, 2.75) is 0 Å². The molecule has 8 heteroatoms. The number of benzene rings is 3. The fourth-order valence-corrected chi connectivity index (χ4v) is 3.08. The molecule has 34 heavy (non-hydrogen) atoms. The molecule has 0 unspecified atom stereocenters. The molecule has 0 atom stereocenters. The maximum atomic E-state index is 7.26. The summed E-state index contributed by atoms with van der Waals surface area (Å²) in [5, 5.41) is 11.6. The van der Waals surface area contributed by atoms with Gasteiger partial charge in [-0.1, -0.05) is 54.6 Å². The first-order valence-corrected chi connectivity index (χ1v) is 10.3. The molecule has 0 bridgehead atoms. The number of aromatic nitrogens is 4. The van der Waals surface area contributed by atoms with Gasteiger partial charge in [0.05, 0.1) is 24.5 Å². The van der Waals surface area contributed by atoms with Crippen LogP contribution in [0.5, 0.6) is 0 Å². The number of anilines is 3. The Morgan fingerprint density at radius 1 is 0.647 bits per heavy atom. The predicted molar refractivity (Wildman–Crippen MR) is 134 cm³/mol. The Morgan fingerprint density at radius 2 is 1.12 bits per heavy atom. The average molecular weight is 445 g/mol. The van der Waals surface area contributed by atoms with Gasteiger partial charge in [0.1, 0.15) is 0 Å². The molecule has 0 radical (unpaired) electrons. The predicted octanol–water partition coefficient (Wildman–Crippen LogP) is 6.17. The van der Waals surface area contributed by atoms with Crippen LogP contribution < -0.4 is 11.1 Å². The van der Waals surface area contributed by atoms with Gasteiger partial charge in [-0.25, -0.2) is 9.69 Å². The molecule has 2 aromatic heterocycles. The first-order chi connectivity index (χ1) is 16.7. The Hall–Kier alpha value is -5.34. The lowest BCUT2D eigenvalue weighted by Gasteiger charge is -2.03. The third-order valence-electron chi connectivity index (χ3n) is 4.74. The normalized spacial score (nSPS) is 9.82. The molecule has 0 aliphatic carbocycles. The molecule has 8 nitrogen and oxygen atoms in total. The largest absolute Gasteiger partial charge is 0.391 e. The zero-order valence-corrected chi connectivity index (χ0v) is 18.1. The molecule has 3 aromatic carbocycles. The SMILES string of the molecule is [C-]#[N+]c1cn(-c2ccccc2)nc1N.[C-]#[N+]c1cn(-c2ccccc2)nc1Nc1ccccc1. The van der Waals surface area contributed by atoms with Crippen LogP contribution in [0.25, 0.3) is 21.1 Å². The van der Waals surface area contributed by atoms with Crippen LogP contribution in [-0.2, 0) is 0 Å². The number of nitrogens with zero attached hydrogens (tertiary/aromatic N) is 6. The lowest BCUT2D eigenvalue weighted by Crippen LogP contribution is -1.96. The van der Waals surface area contributed by atoms with Gasteiger partial charge in [-0.05, 0) is 36.4 Å². The van der Waals surface area contributed by atoms with E-state index in [-0.39, 0.29) is 5.82 Å². The highest BCUT2D eigenvalue weighted by Gasteiger charge is 2.10. The van der Waals surface area contributed by atoms with Crippen molar-refractivity contribution in [3.8, 4) is 11.4 Å². The molecule has 5 rings (SSSR count). The molecule has 0 aliphatic heterocycles. The summed E-state index contributed by atoms with van der Waals surface area (Å²) in [6, 6.07) is 29.0. The zero-order valence-electron chi connectivity index (χ0n) is 18.1. The zero-order chi connectivity index (χ0) is 23.8. The Labute approximate surface area is 197 Å². The summed E-state index contributed by atoms with van der Waals surface area (Å²) in [4.78, 5) is 6.77. The minimum atomic E-state index is 0.267. The number of hydrogen-bond donors (Lipinski definition) is 2. The number of nitrogens with one attached hydrogen (secondary N) is 1. The molecule has 0 fully saturated rings. The lowest BCUT2D eigenvalue weighted by molar-refractivity contribution is 0.884. The fraction of sp³-hybridized carbons (Fsp3) is 0. The van der Waals surface area contributed by atoms with Crippen LogP contribution in [0.3, 0.4) is 0 Å². The molecule has 5 aromatic rings. The van der Waals surface area contributed by atoms with E-state index in [1.807, 2.05) is 91.0 Å². The van der Waals surface area contributed by atoms with Gasteiger partial charge in [-0.15, -0.1) is 0 Å². The van der Waals surface area contributed by atoms with Crippen LogP contribution in [0.15, 0.2) is 103 Å². The van der Waals surface area contributed by atoms with Gasteiger partial charge in [0, 0.05) is 18.1 Å². The number of nitrogens with two attached hydrogens (primary N) is 1. The van der Waals surface area contributed by atoms with Crippen LogP contribution in [0.4, 0.5) is 28.7 Å². The molecular formula is C26H20N8. The molecule has 0 saturated carbocycles. The molecular weight excluding hydrogens is 424 g/mol. The highest BCUT2D eigenvalue weighted by atomic mass is 15.3. The van der Waals surface area contributed by atoms with E-state index in [1.165, 1.54) is 0 Å². The van der Waals surface area contributed by atoms with Crippen molar-refractivity contribution in [1.29, 1.82) is 0 Å². The Kier molecular flexibility index (Phi) is 6.64. The summed E-state index contributed by atoms with van der Waals surface area (Å²) in [6.07, 6.45) is 3.35. The number of nitrogen functional groups attached to an aromatic ring is 1. The first kappa shape index (κ1) is 21.9. The second kappa shape index (κ2) is 10.3. The van der Waals surface area contributed by atoms with Gasteiger partial charge < -0.3 is 11.1 Å². The van der Waals surface area contributed by atoms with E-state index in [9.17, 15) is 0 Å². The van der Waals surface area contributed by atoms with E-state index in [4.69, 9.17) is 18.9 Å². The topological polar surface area (TPSA) is 82.4 Å². The van der Waals surface area contributed by atoms with E-state index >= 15 is 0 Å². The van der Waals surface area contributed by atoms with Crippen molar-refractivity contribution in [1.82, 2.24) is 19.6 Å². The molecule has 0 saturated heterocycles. The molecule has 0 aliphatic rings. The highest BCUT2D eigenvalue weighted by Crippen LogP contribution is 2.28. The smallest absolute Gasteiger partial charge is 0.248 e. The summed E-state index contributed by atoms with van der Waals surface area (Å²) in [5.74, 6) is 0.832. The standard InChI is InChI=1S/C16H12N4.C10H8N4/c1-17-15-12-20(14-10-6-3-7-11-14)19-16(15)18-13-8-4-2-5-9-13;1-12-9-7-14(13-10(9)11)8-5-3-2-4-6-8/h2-12H,(H,18,19);2-7H,(H2,11,13). The second-order valence-corrected chi connectivity index (χ2v) is 7.04. The van der Waals surface area contributed by atoms with Crippen molar-refractivity contribution >= 4 is 28.7 Å². The summed E-state index contributed by atoms with van der Waals surface area (Å²) >= 11 is 0. The van der Waals surface area contributed by atoms with Gasteiger partial charge in [0.25, 0.3) is 0 Å². The van der Waals surface area contributed by atoms with Gasteiger partial charge in [0.15, 0.2) is 11.6 Å². The fourth-order valence-electron chi connectivity index (χ4n) is 3.08. The minimum absolute atomic E-state index is 0.267.